The van der Waals surface area contributed by atoms with Crippen LogP contribution in [0.2, 0.25) is 0 Å². The molecule has 0 saturated heterocycles. The zero-order chi connectivity index (χ0) is 10.1. The molecule has 0 bridgehead atoms. The van der Waals surface area contributed by atoms with Crippen molar-refractivity contribution in [3.63, 3.8) is 0 Å². The second-order valence-corrected chi connectivity index (χ2v) is 3.91. The maximum absolute atomic E-state index is 2.29. The van der Waals surface area contributed by atoms with Gasteiger partial charge in [-0.25, -0.2) is 0 Å². The lowest BCUT2D eigenvalue weighted by Crippen LogP contribution is -2.11. The fourth-order valence-corrected chi connectivity index (χ4v) is 1.51. The average Bonchev–Trinajstić information content (AvgIpc) is 2.05. The summed E-state index contributed by atoms with van der Waals surface area (Å²) in [7, 11) is 2.16. The summed E-state index contributed by atoms with van der Waals surface area (Å²) < 4.78 is 0. The Balaban J connectivity index is 3.60. The molecular formula is C12H25N. The first-order valence-corrected chi connectivity index (χ1v) is 5.58. The number of rotatable bonds is 7. The Hall–Kier alpha value is -0.460. The van der Waals surface area contributed by atoms with Gasteiger partial charge < -0.3 is 4.90 Å². The molecule has 0 atom stereocenters. The normalized spacial score (nSPS) is 11.8. The summed E-state index contributed by atoms with van der Waals surface area (Å²) in [4.78, 5) is 2.29. The van der Waals surface area contributed by atoms with Gasteiger partial charge in [0.25, 0.3) is 0 Å². The second-order valence-electron chi connectivity index (χ2n) is 3.91. The Kier molecular flexibility index (Phi) is 7.86. The Morgan fingerprint density at radius 1 is 1.15 bits per heavy atom. The molecule has 0 spiro atoms. The molecule has 1 nitrogen and oxygen atoms in total. The van der Waals surface area contributed by atoms with Gasteiger partial charge in [0.05, 0.1) is 0 Å². The number of hydrogen-bond donors (Lipinski definition) is 0. The zero-order valence-corrected chi connectivity index (χ0v) is 9.77. The van der Waals surface area contributed by atoms with E-state index < -0.39 is 0 Å². The summed E-state index contributed by atoms with van der Waals surface area (Å²) in [5, 5.41) is 0. The molecule has 0 unspecified atom stereocenters. The van der Waals surface area contributed by atoms with Crippen LogP contribution in [-0.2, 0) is 0 Å². The molecule has 0 aromatic heterocycles. The molecule has 0 N–H and O–H groups in total. The fourth-order valence-electron chi connectivity index (χ4n) is 1.51. The first kappa shape index (κ1) is 12.5. The van der Waals surface area contributed by atoms with Crippen LogP contribution in [0.3, 0.4) is 0 Å². The van der Waals surface area contributed by atoms with Crippen LogP contribution in [0, 0.1) is 0 Å². The lowest BCUT2D eigenvalue weighted by Gasteiger charge is -2.14. The smallest absolute Gasteiger partial charge is 0.0166 e. The Morgan fingerprint density at radius 2 is 1.85 bits per heavy atom. The van der Waals surface area contributed by atoms with E-state index in [0.717, 1.165) is 0 Å². The van der Waals surface area contributed by atoms with Crippen LogP contribution in [0.5, 0.6) is 0 Å². The Labute approximate surface area is 83.8 Å². The predicted octanol–water partition coefficient (Wildman–Crippen LogP) is 3.81. The van der Waals surface area contributed by atoms with Crippen molar-refractivity contribution in [2.24, 2.45) is 0 Å². The lowest BCUT2D eigenvalue weighted by molar-refractivity contribution is 0.448. The van der Waals surface area contributed by atoms with Crippen molar-refractivity contribution in [1.29, 1.82) is 0 Å². The van der Waals surface area contributed by atoms with E-state index in [1.807, 2.05) is 0 Å². The highest BCUT2D eigenvalue weighted by Gasteiger charge is 1.93. The maximum atomic E-state index is 2.29. The average molecular weight is 183 g/mol. The van der Waals surface area contributed by atoms with Crippen molar-refractivity contribution in [2.45, 2.75) is 52.9 Å². The molecule has 13 heavy (non-hydrogen) atoms. The minimum absolute atomic E-state index is 1.17. The Morgan fingerprint density at radius 3 is 2.38 bits per heavy atom. The van der Waals surface area contributed by atoms with Crippen LogP contribution in [-0.4, -0.2) is 18.5 Å². The molecule has 0 aromatic carbocycles. The summed E-state index contributed by atoms with van der Waals surface area (Å²) in [6.07, 6.45) is 8.82. The van der Waals surface area contributed by atoms with Gasteiger partial charge in [0.1, 0.15) is 0 Å². The van der Waals surface area contributed by atoms with E-state index in [0.29, 0.717) is 0 Å². The van der Waals surface area contributed by atoms with Crippen LogP contribution in [0.1, 0.15) is 52.9 Å². The van der Waals surface area contributed by atoms with E-state index >= 15 is 0 Å². The maximum Gasteiger partial charge on any atom is 0.0166 e. The highest BCUT2D eigenvalue weighted by molar-refractivity contribution is 4.96. The van der Waals surface area contributed by atoms with E-state index in [1.165, 1.54) is 44.2 Å². The third-order valence-electron chi connectivity index (χ3n) is 2.19. The molecule has 0 fully saturated rings. The topological polar surface area (TPSA) is 3.24 Å². The van der Waals surface area contributed by atoms with E-state index in [-0.39, 0.29) is 0 Å². The second kappa shape index (κ2) is 8.15. The molecule has 0 saturated carbocycles. The van der Waals surface area contributed by atoms with Crippen LogP contribution in [0.15, 0.2) is 11.8 Å². The highest BCUT2D eigenvalue weighted by atomic mass is 15.1. The van der Waals surface area contributed by atoms with E-state index in [2.05, 4.69) is 38.9 Å². The van der Waals surface area contributed by atoms with Crippen molar-refractivity contribution in [1.82, 2.24) is 4.90 Å². The number of hydrogen-bond acceptors (Lipinski definition) is 1. The largest absolute Gasteiger partial charge is 0.380 e. The summed E-state index contributed by atoms with van der Waals surface area (Å²) in [6.45, 7) is 7.88. The SMILES string of the molecule is CCCCCC(C)=CN(C)CCC. The minimum Gasteiger partial charge on any atom is -0.380 e. The molecule has 0 aliphatic carbocycles. The molecule has 0 heterocycles. The first-order valence-electron chi connectivity index (χ1n) is 5.58. The summed E-state index contributed by atoms with van der Waals surface area (Å²) in [5.74, 6) is 0. The molecule has 0 radical (unpaired) electrons. The third kappa shape index (κ3) is 7.89. The molecule has 0 amide bonds. The van der Waals surface area contributed by atoms with E-state index in [9.17, 15) is 0 Å². The minimum atomic E-state index is 1.17. The molecule has 78 valence electrons. The molecule has 0 aliphatic rings. The van der Waals surface area contributed by atoms with Crippen molar-refractivity contribution in [3.05, 3.63) is 11.8 Å². The number of allylic oxidation sites excluding steroid dienone is 1. The van der Waals surface area contributed by atoms with E-state index in [4.69, 9.17) is 0 Å². The van der Waals surface area contributed by atoms with Gasteiger partial charge in [-0.05, 0) is 32.4 Å². The van der Waals surface area contributed by atoms with Crippen LogP contribution in [0.25, 0.3) is 0 Å². The number of nitrogens with zero attached hydrogens (tertiary/aromatic N) is 1. The van der Waals surface area contributed by atoms with Crippen LogP contribution in [0.4, 0.5) is 0 Å². The van der Waals surface area contributed by atoms with Gasteiger partial charge in [0.15, 0.2) is 0 Å². The van der Waals surface area contributed by atoms with Crippen molar-refractivity contribution in [2.75, 3.05) is 13.6 Å². The van der Waals surface area contributed by atoms with Gasteiger partial charge in [-0.2, -0.15) is 0 Å². The Bertz CT molecular complexity index is 138. The van der Waals surface area contributed by atoms with Crippen LogP contribution < -0.4 is 0 Å². The van der Waals surface area contributed by atoms with Gasteiger partial charge in [-0.1, -0.05) is 32.3 Å². The zero-order valence-electron chi connectivity index (χ0n) is 9.77. The third-order valence-corrected chi connectivity index (χ3v) is 2.19. The molecule has 0 aromatic rings. The van der Waals surface area contributed by atoms with Crippen molar-refractivity contribution in [3.8, 4) is 0 Å². The molecular weight excluding hydrogens is 158 g/mol. The van der Waals surface area contributed by atoms with Crippen molar-refractivity contribution < 1.29 is 0 Å². The van der Waals surface area contributed by atoms with Gasteiger partial charge in [0.2, 0.25) is 0 Å². The summed E-state index contributed by atoms with van der Waals surface area (Å²) in [5.41, 5.74) is 1.52. The van der Waals surface area contributed by atoms with Gasteiger partial charge in [-0.15, -0.1) is 0 Å². The van der Waals surface area contributed by atoms with Crippen LogP contribution >= 0.6 is 0 Å². The van der Waals surface area contributed by atoms with E-state index in [1.54, 1.807) is 0 Å². The quantitative estimate of drug-likeness (QED) is 0.542. The standard InChI is InChI=1S/C12H25N/c1-5-7-8-9-12(3)11-13(4)10-6-2/h11H,5-10H2,1-4H3. The van der Waals surface area contributed by atoms with Gasteiger partial charge in [-0.3, -0.25) is 0 Å². The predicted molar refractivity (Wildman–Crippen MR) is 60.8 cm³/mol. The lowest BCUT2D eigenvalue weighted by atomic mass is 10.1. The number of unbranched alkanes of at least 4 members (excludes halogenated alkanes) is 2. The molecule has 1 heteroatoms. The summed E-state index contributed by atoms with van der Waals surface area (Å²) >= 11 is 0. The highest BCUT2D eigenvalue weighted by Crippen LogP contribution is 2.08. The van der Waals surface area contributed by atoms with Gasteiger partial charge in [0, 0.05) is 13.6 Å². The van der Waals surface area contributed by atoms with Gasteiger partial charge >= 0.3 is 0 Å². The monoisotopic (exact) mass is 183 g/mol. The molecule has 0 aliphatic heterocycles. The summed E-state index contributed by atoms with van der Waals surface area (Å²) in [6, 6.07) is 0. The fraction of sp³-hybridized carbons (Fsp3) is 0.833. The molecule has 0 rings (SSSR count). The first-order chi connectivity index (χ1) is 6.20. The van der Waals surface area contributed by atoms with Crippen molar-refractivity contribution >= 4 is 0 Å².